The zero-order chi connectivity index (χ0) is 13.8. The van der Waals surface area contributed by atoms with Gasteiger partial charge in [0.15, 0.2) is 0 Å². The number of hydrogen-bond donors (Lipinski definition) is 1. The Morgan fingerprint density at radius 2 is 1.84 bits per heavy atom. The van der Waals surface area contributed by atoms with Gasteiger partial charge in [0.2, 0.25) is 0 Å². The van der Waals surface area contributed by atoms with Crippen LogP contribution < -0.4 is 0 Å². The fourth-order valence-electron chi connectivity index (χ4n) is 2.39. The van der Waals surface area contributed by atoms with Gasteiger partial charge in [-0.05, 0) is 29.9 Å². The van der Waals surface area contributed by atoms with E-state index in [1.54, 1.807) is 11.8 Å². The summed E-state index contributed by atoms with van der Waals surface area (Å²) in [5.74, 6) is 1.62. The lowest BCUT2D eigenvalue weighted by Gasteiger charge is -2.17. The van der Waals surface area contributed by atoms with Crippen LogP contribution in [-0.4, -0.2) is 11.4 Å². The molecule has 0 bridgehead atoms. The van der Waals surface area contributed by atoms with Crippen molar-refractivity contribution in [2.24, 2.45) is 0 Å². The third-order valence-electron chi connectivity index (χ3n) is 3.47. The molecule has 0 aliphatic rings. The predicted octanol–water partition coefficient (Wildman–Crippen LogP) is 4.72. The van der Waals surface area contributed by atoms with Crippen LogP contribution in [0.5, 0.6) is 5.75 Å². The van der Waals surface area contributed by atoms with E-state index >= 15 is 0 Å². The molecule has 0 radical (unpaired) electrons. The molecule has 1 nitrogen and oxygen atoms in total. The van der Waals surface area contributed by atoms with Crippen molar-refractivity contribution in [3.05, 3.63) is 64.7 Å². The third-order valence-corrected chi connectivity index (χ3v) is 4.09. The predicted molar refractivity (Wildman–Crippen MR) is 84.0 cm³/mol. The van der Waals surface area contributed by atoms with Crippen molar-refractivity contribution in [2.45, 2.75) is 25.5 Å². The van der Waals surface area contributed by atoms with Crippen LogP contribution in [0.15, 0.2) is 42.5 Å². The SMILES string of the molecule is CSCc1cc(C)c(O)c(C(C)c2ccccc2)c1. The minimum absolute atomic E-state index is 0.210. The number of benzene rings is 2. The van der Waals surface area contributed by atoms with Crippen molar-refractivity contribution in [1.82, 2.24) is 0 Å². The van der Waals surface area contributed by atoms with Crippen molar-refractivity contribution in [1.29, 1.82) is 0 Å². The van der Waals surface area contributed by atoms with Crippen LogP contribution in [0, 0.1) is 6.92 Å². The Bertz CT molecular complexity index is 549. The highest BCUT2D eigenvalue weighted by Crippen LogP contribution is 2.34. The summed E-state index contributed by atoms with van der Waals surface area (Å²) < 4.78 is 0. The first-order chi connectivity index (χ1) is 9.13. The molecule has 0 amide bonds. The Kier molecular flexibility index (Phi) is 4.54. The van der Waals surface area contributed by atoms with Crippen molar-refractivity contribution in [3.63, 3.8) is 0 Å². The summed E-state index contributed by atoms with van der Waals surface area (Å²) in [5.41, 5.74) is 4.50. The first-order valence-electron chi connectivity index (χ1n) is 6.49. The van der Waals surface area contributed by atoms with E-state index in [-0.39, 0.29) is 5.92 Å². The van der Waals surface area contributed by atoms with Crippen molar-refractivity contribution in [3.8, 4) is 5.75 Å². The highest BCUT2D eigenvalue weighted by molar-refractivity contribution is 7.97. The second-order valence-corrected chi connectivity index (χ2v) is 5.78. The van der Waals surface area contributed by atoms with Gasteiger partial charge in [0.1, 0.15) is 5.75 Å². The molecule has 0 heterocycles. The van der Waals surface area contributed by atoms with E-state index in [0.29, 0.717) is 5.75 Å². The largest absolute Gasteiger partial charge is 0.507 e. The van der Waals surface area contributed by atoms with E-state index in [4.69, 9.17) is 0 Å². The summed E-state index contributed by atoms with van der Waals surface area (Å²) in [6.07, 6.45) is 2.10. The second kappa shape index (κ2) is 6.16. The molecular weight excluding hydrogens is 252 g/mol. The Labute approximate surface area is 119 Å². The molecule has 0 aliphatic carbocycles. The summed E-state index contributed by atoms with van der Waals surface area (Å²) in [6, 6.07) is 14.5. The van der Waals surface area contributed by atoms with Gasteiger partial charge < -0.3 is 5.11 Å². The molecule has 0 saturated heterocycles. The summed E-state index contributed by atoms with van der Waals surface area (Å²) in [4.78, 5) is 0. The van der Waals surface area contributed by atoms with Crippen LogP contribution in [-0.2, 0) is 5.75 Å². The highest BCUT2D eigenvalue weighted by Gasteiger charge is 2.15. The van der Waals surface area contributed by atoms with Gasteiger partial charge >= 0.3 is 0 Å². The first kappa shape index (κ1) is 14.0. The lowest BCUT2D eigenvalue weighted by Crippen LogP contribution is -1.99. The standard InChI is InChI=1S/C17H20OS/c1-12-9-14(11-19-3)10-16(17(12)18)13(2)15-7-5-4-6-8-15/h4-10,13,18H,11H2,1-3H3. The molecular formula is C17H20OS. The van der Waals surface area contributed by atoms with Gasteiger partial charge in [0.25, 0.3) is 0 Å². The van der Waals surface area contributed by atoms with Crippen LogP contribution in [0.1, 0.15) is 35.1 Å². The quantitative estimate of drug-likeness (QED) is 0.869. The van der Waals surface area contributed by atoms with Gasteiger partial charge in [-0.3, -0.25) is 0 Å². The number of thioether (sulfide) groups is 1. The normalized spacial score (nSPS) is 12.4. The van der Waals surface area contributed by atoms with Crippen molar-refractivity contribution < 1.29 is 5.11 Å². The molecule has 1 N–H and O–H groups in total. The molecule has 0 spiro atoms. The molecule has 1 unspecified atom stereocenters. The monoisotopic (exact) mass is 272 g/mol. The molecule has 1 atom stereocenters. The Balaban J connectivity index is 2.43. The second-order valence-electron chi connectivity index (χ2n) is 4.92. The Hall–Kier alpha value is -1.41. The average Bonchev–Trinajstić information content (AvgIpc) is 2.43. The van der Waals surface area contributed by atoms with Gasteiger partial charge in [-0.15, -0.1) is 0 Å². The van der Waals surface area contributed by atoms with Gasteiger partial charge in [-0.2, -0.15) is 11.8 Å². The molecule has 0 saturated carbocycles. The number of aromatic hydroxyl groups is 1. The molecule has 2 rings (SSSR count). The van der Waals surface area contributed by atoms with Crippen LogP contribution in [0.3, 0.4) is 0 Å². The van der Waals surface area contributed by atoms with Crippen molar-refractivity contribution >= 4 is 11.8 Å². The number of phenols is 1. The number of aryl methyl sites for hydroxylation is 1. The van der Waals surface area contributed by atoms with Gasteiger partial charge in [0.05, 0.1) is 0 Å². The molecule has 0 fully saturated rings. The Morgan fingerprint density at radius 1 is 1.16 bits per heavy atom. The van der Waals surface area contributed by atoms with Crippen LogP contribution in [0.2, 0.25) is 0 Å². The molecule has 0 aromatic heterocycles. The van der Waals surface area contributed by atoms with E-state index in [2.05, 4.69) is 37.4 Å². The number of phenolic OH excluding ortho intramolecular Hbond substituents is 1. The topological polar surface area (TPSA) is 20.2 Å². The minimum atomic E-state index is 0.210. The smallest absolute Gasteiger partial charge is 0.122 e. The summed E-state index contributed by atoms with van der Waals surface area (Å²) in [7, 11) is 0. The van der Waals surface area contributed by atoms with Crippen LogP contribution >= 0.6 is 11.8 Å². The summed E-state index contributed by atoms with van der Waals surface area (Å²) >= 11 is 1.80. The van der Waals surface area contributed by atoms with E-state index in [9.17, 15) is 5.11 Å². The fraction of sp³-hybridized carbons (Fsp3) is 0.294. The van der Waals surface area contributed by atoms with Gasteiger partial charge in [-0.25, -0.2) is 0 Å². The third kappa shape index (κ3) is 3.13. The van der Waals surface area contributed by atoms with E-state index in [1.807, 2.05) is 25.1 Å². The van der Waals surface area contributed by atoms with E-state index < -0.39 is 0 Å². The minimum Gasteiger partial charge on any atom is -0.507 e. The van der Waals surface area contributed by atoms with Gasteiger partial charge in [-0.1, -0.05) is 49.4 Å². The summed E-state index contributed by atoms with van der Waals surface area (Å²) in [6.45, 7) is 4.12. The summed E-state index contributed by atoms with van der Waals surface area (Å²) in [5, 5.41) is 10.3. The highest BCUT2D eigenvalue weighted by atomic mass is 32.2. The molecule has 2 aromatic rings. The van der Waals surface area contributed by atoms with Crippen LogP contribution in [0.4, 0.5) is 0 Å². The lowest BCUT2D eigenvalue weighted by atomic mass is 9.90. The maximum Gasteiger partial charge on any atom is 0.122 e. The number of hydrogen-bond acceptors (Lipinski definition) is 2. The first-order valence-corrected chi connectivity index (χ1v) is 7.89. The molecule has 100 valence electrons. The average molecular weight is 272 g/mol. The van der Waals surface area contributed by atoms with E-state index in [1.165, 1.54) is 11.1 Å². The zero-order valence-corrected chi connectivity index (χ0v) is 12.5. The molecule has 0 aliphatic heterocycles. The molecule has 2 aromatic carbocycles. The Morgan fingerprint density at radius 3 is 2.47 bits per heavy atom. The maximum absolute atomic E-state index is 10.3. The lowest BCUT2D eigenvalue weighted by molar-refractivity contribution is 0.461. The molecule has 19 heavy (non-hydrogen) atoms. The van der Waals surface area contributed by atoms with E-state index in [0.717, 1.165) is 16.9 Å². The van der Waals surface area contributed by atoms with Crippen LogP contribution in [0.25, 0.3) is 0 Å². The fourth-order valence-corrected chi connectivity index (χ4v) is 2.89. The van der Waals surface area contributed by atoms with Gasteiger partial charge in [0, 0.05) is 17.2 Å². The van der Waals surface area contributed by atoms with Crippen molar-refractivity contribution in [2.75, 3.05) is 6.26 Å². The molecule has 2 heteroatoms. The number of rotatable bonds is 4. The zero-order valence-electron chi connectivity index (χ0n) is 11.7. The maximum atomic E-state index is 10.3.